The maximum Gasteiger partial charge on any atom is 0.244 e. The second kappa shape index (κ2) is 5.95. The van der Waals surface area contributed by atoms with E-state index in [2.05, 4.69) is 33.8 Å². The fraction of sp³-hybridized carbons (Fsp3) is 0.429. The Kier molecular flexibility index (Phi) is 4.05. The Morgan fingerprint density at radius 2 is 2.15 bits per heavy atom. The highest BCUT2D eigenvalue weighted by Crippen LogP contribution is 2.26. The Hall–Kier alpha value is -1.37. The first kappa shape index (κ1) is 13.6. The van der Waals surface area contributed by atoms with Gasteiger partial charge in [-0.15, -0.1) is 11.8 Å². The molecule has 1 N–H and O–H groups in total. The third-order valence-electron chi connectivity index (χ3n) is 3.51. The van der Waals surface area contributed by atoms with Gasteiger partial charge in [-0.25, -0.2) is 0 Å². The number of aromatic nitrogens is 2. The van der Waals surface area contributed by atoms with Crippen molar-refractivity contribution in [3.05, 3.63) is 30.2 Å². The van der Waals surface area contributed by atoms with Crippen LogP contribution in [0.3, 0.4) is 0 Å². The van der Waals surface area contributed by atoms with Gasteiger partial charge in [0.25, 0.3) is 0 Å². The quantitative estimate of drug-likeness (QED) is 0.873. The second-order valence-electron chi connectivity index (χ2n) is 4.74. The van der Waals surface area contributed by atoms with E-state index in [4.69, 9.17) is 9.26 Å². The van der Waals surface area contributed by atoms with Gasteiger partial charge in [-0.05, 0) is 36.9 Å². The fourth-order valence-electron chi connectivity index (χ4n) is 2.31. The first-order valence-electron chi connectivity index (χ1n) is 6.54. The number of nitrogens with one attached hydrogen (secondary N) is 1. The summed E-state index contributed by atoms with van der Waals surface area (Å²) in [6.07, 6.45) is 3.14. The molecule has 1 aromatic heterocycles. The van der Waals surface area contributed by atoms with Crippen LogP contribution in [-0.4, -0.2) is 36.2 Å². The van der Waals surface area contributed by atoms with Crippen LogP contribution < -0.4 is 5.32 Å². The SMILES string of the molecule is COC1CNC(c2nc(-c3ccc(SC)cc3)no2)C1. The summed E-state index contributed by atoms with van der Waals surface area (Å²) in [5.74, 6) is 1.27. The van der Waals surface area contributed by atoms with Gasteiger partial charge in [0.05, 0.1) is 12.1 Å². The number of nitrogens with zero attached hydrogens (tertiary/aromatic N) is 2. The zero-order chi connectivity index (χ0) is 13.9. The molecule has 2 atom stereocenters. The van der Waals surface area contributed by atoms with Crippen molar-refractivity contribution in [1.29, 1.82) is 0 Å². The molecule has 0 spiro atoms. The molecule has 0 aliphatic carbocycles. The Labute approximate surface area is 122 Å². The van der Waals surface area contributed by atoms with Crippen LogP contribution in [0.1, 0.15) is 18.4 Å². The topological polar surface area (TPSA) is 60.2 Å². The van der Waals surface area contributed by atoms with Gasteiger partial charge in [0, 0.05) is 24.1 Å². The molecule has 2 aromatic rings. The number of benzene rings is 1. The predicted molar refractivity (Wildman–Crippen MR) is 77.7 cm³/mol. The molecular weight excluding hydrogens is 274 g/mol. The summed E-state index contributed by atoms with van der Waals surface area (Å²) in [6, 6.07) is 8.24. The second-order valence-corrected chi connectivity index (χ2v) is 5.62. The van der Waals surface area contributed by atoms with E-state index in [1.807, 2.05) is 12.1 Å². The highest BCUT2D eigenvalue weighted by atomic mass is 32.2. The number of methoxy groups -OCH3 is 1. The molecule has 1 fully saturated rings. The summed E-state index contributed by atoms with van der Waals surface area (Å²) >= 11 is 1.71. The molecule has 1 aromatic carbocycles. The van der Waals surface area contributed by atoms with E-state index in [1.165, 1.54) is 4.90 Å². The fourth-order valence-corrected chi connectivity index (χ4v) is 2.71. The predicted octanol–water partition coefficient (Wildman–Crippen LogP) is 2.51. The van der Waals surface area contributed by atoms with Gasteiger partial charge in [0.15, 0.2) is 0 Å². The van der Waals surface area contributed by atoms with E-state index in [9.17, 15) is 0 Å². The van der Waals surface area contributed by atoms with Gasteiger partial charge in [-0.1, -0.05) is 5.16 Å². The van der Waals surface area contributed by atoms with E-state index < -0.39 is 0 Å². The van der Waals surface area contributed by atoms with E-state index in [1.54, 1.807) is 18.9 Å². The highest BCUT2D eigenvalue weighted by Gasteiger charge is 2.29. The lowest BCUT2D eigenvalue weighted by atomic mass is 10.2. The van der Waals surface area contributed by atoms with Crippen LogP contribution in [0.15, 0.2) is 33.7 Å². The Morgan fingerprint density at radius 1 is 1.35 bits per heavy atom. The molecule has 0 bridgehead atoms. The summed E-state index contributed by atoms with van der Waals surface area (Å²) < 4.78 is 10.7. The summed E-state index contributed by atoms with van der Waals surface area (Å²) in [7, 11) is 1.72. The average molecular weight is 291 g/mol. The maximum absolute atomic E-state index is 5.37. The first-order valence-corrected chi connectivity index (χ1v) is 7.77. The number of hydrogen-bond donors (Lipinski definition) is 1. The number of rotatable bonds is 4. The molecule has 2 unspecified atom stereocenters. The first-order chi connectivity index (χ1) is 9.80. The smallest absolute Gasteiger partial charge is 0.244 e. The monoisotopic (exact) mass is 291 g/mol. The summed E-state index contributed by atoms with van der Waals surface area (Å²) in [5, 5.41) is 7.40. The largest absolute Gasteiger partial charge is 0.380 e. The van der Waals surface area contributed by atoms with Crippen LogP contribution in [0.4, 0.5) is 0 Å². The Bertz CT molecular complexity index is 570. The van der Waals surface area contributed by atoms with E-state index in [0.29, 0.717) is 11.7 Å². The molecule has 1 aliphatic heterocycles. The van der Waals surface area contributed by atoms with E-state index >= 15 is 0 Å². The van der Waals surface area contributed by atoms with Crippen molar-refractivity contribution in [2.75, 3.05) is 19.9 Å². The molecule has 1 aliphatic rings. The molecule has 0 amide bonds. The molecule has 6 heteroatoms. The van der Waals surface area contributed by atoms with Gasteiger partial charge in [-0.3, -0.25) is 0 Å². The molecule has 2 heterocycles. The summed E-state index contributed by atoms with van der Waals surface area (Å²) in [5.41, 5.74) is 0.971. The normalized spacial score (nSPS) is 22.3. The summed E-state index contributed by atoms with van der Waals surface area (Å²) in [6.45, 7) is 0.821. The van der Waals surface area contributed by atoms with Gasteiger partial charge in [0.2, 0.25) is 11.7 Å². The van der Waals surface area contributed by atoms with Crippen LogP contribution in [0.25, 0.3) is 11.4 Å². The van der Waals surface area contributed by atoms with Crippen molar-refractivity contribution < 1.29 is 9.26 Å². The molecule has 1 saturated heterocycles. The molecule has 20 heavy (non-hydrogen) atoms. The zero-order valence-electron chi connectivity index (χ0n) is 11.5. The van der Waals surface area contributed by atoms with Gasteiger partial charge in [-0.2, -0.15) is 4.98 Å². The van der Waals surface area contributed by atoms with Crippen molar-refractivity contribution in [3.8, 4) is 11.4 Å². The third-order valence-corrected chi connectivity index (χ3v) is 4.26. The van der Waals surface area contributed by atoms with Crippen LogP contribution in [0.2, 0.25) is 0 Å². The molecular formula is C14H17N3O2S. The zero-order valence-corrected chi connectivity index (χ0v) is 12.3. The molecule has 5 nitrogen and oxygen atoms in total. The number of ether oxygens (including phenoxy) is 1. The van der Waals surface area contributed by atoms with Crippen LogP contribution in [0, 0.1) is 0 Å². The van der Waals surface area contributed by atoms with Gasteiger partial charge < -0.3 is 14.6 Å². The maximum atomic E-state index is 5.37. The highest BCUT2D eigenvalue weighted by molar-refractivity contribution is 7.98. The molecule has 106 valence electrons. The van der Waals surface area contributed by atoms with Crippen molar-refractivity contribution in [2.45, 2.75) is 23.5 Å². The van der Waals surface area contributed by atoms with Gasteiger partial charge >= 0.3 is 0 Å². The minimum Gasteiger partial charge on any atom is -0.380 e. The van der Waals surface area contributed by atoms with Crippen LogP contribution in [0.5, 0.6) is 0 Å². The van der Waals surface area contributed by atoms with Crippen LogP contribution in [-0.2, 0) is 4.74 Å². The minimum absolute atomic E-state index is 0.0895. The van der Waals surface area contributed by atoms with Crippen molar-refractivity contribution in [3.63, 3.8) is 0 Å². The van der Waals surface area contributed by atoms with E-state index in [0.717, 1.165) is 18.5 Å². The van der Waals surface area contributed by atoms with E-state index in [-0.39, 0.29) is 12.1 Å². The third kappa shape index (κ3) is 2.72. The lowest BCUT2D eigenvalue weighted by molar-refractivity contribution is 0.116. The van der Waals surface area contributed by atoms with Crippen molar-refractivity contribution >= 4 is 11.8 Å². The minimum atomic E-state index is 0.0895. The standard InChI is InChI=1S/C14H17N3O2S/c1-18-10-7-12(15-8-10)14-16-13(17-19-14)9-3-5-11(20-2)6-4-9/h3-6,10,12,15H,7-8H2,1-2H3. The van der Waals surface area contributed by atoms with Crippen LogP contribution >= 0.6 is 11.8 Å². The Morgan fingerprint density at radius 3 is 2.80 bits per heavy atom. The van der Waals surface area contributed by atoms with Crippen molar-refractivity contribution in [1.82, 2.24) is 15.5 Å². The van der Waals surface area contributed by atoms with Crippen molar-refractivity contribution in [2.24, 2.45) is 0 Å². The molecule has 0 radical (unpaired) electrons. The number of hydrogen-bond acceptors (Lipinski definition) is 6. The van der Waals surface area contributed by atoms with Gasteiger partial charge in [0.1, 0.15) is 0 Å². The molecule has 0 saturated carbocycles. The lowest BCUT2D eigenvalue weighted by Crippen LogP contribution is -2.16. The lowest BCUT2D eigenvalue weighted by Gasteiger charge is -2.04. The average Bonchev–Trinajstić information content (AvgIpc) is 3.16. The summed E-state index contributed by atoms with van der Waals surface area (Å²) in [4.78, 5) is 5.70. The Balaban J connectivity index is 1.76. The molecule has 3 rings (SSSR count). The number of thioether (sulfide) groups is 1.